The molecule has 0 saturated carbocycles. The number of aromatic nitrogens is 2. The standard InChI is InChI=1S/C19H26BrN3S/c1-4-7-12-8-9-16-13(10-11-24-16)17(12)23-19-15(6-3)21-18(20)14(5-2)22-19/h10-12,17H,4-9H2,1-3H3,(H,22,23)/t12?,17-/m0/s1. The third-order valence-corrected chi connectivity index (χ3v) is 6.57. The summed E-state index contributed by atoms with van der Waals surface area (Å²) in [6, 6.07) is 2.67. The van der Waals surface area contributed by atoms with Crippen LogP contribution < -0.4 is 5.32 Å². The zero-order valence-electron chi connectivity index (χ0n) is 14.7. The van der Waals surface area contributed by atoms with Crippen LogP contribution in [0, 0.1) is 5.92 Å². The number of thiophene rings is 1. The van der Waals surface area contributed by atoms with Crippen molar-refractivity contribution in [3.63, 3.8) is 0 Å². The second-order valence-corrected chi connectivity index (χ2v) is 8.22. The van der Waals surface area contributed by atoms with Crippen LogP contribution in [0.4, 0.5) is 5.82 Å². The molecule has 0 fully saturated rings. The summed E-state index contributed by atoms with van der Waals surface area (Å²) in [5.74, 6) is 1.65. The van der Waals surface area contributed by atoms with E-state index >= 15 is 0 Å². The van der Waals surface area contributed by atoms with E-state index in [9.17, 15) is 0 Å². The highest BCUT2D eigenvalue weighted by Gasteiger charge is 2.30. The van der Waals surface area contributed by atoms with Crippen molar-refractivity contribution in [3.8, 4) is 0 Å². The Bertz CT molecular complexity index is 698. The average molecular weight is 408 g/mol. The Kier molecular flexibility index (Phi) is 5.93. The summed E-state index contributed by atoms with van der Waals surface area (Å²) in [4.78, 5) is 11.2. The first-order chi connectivity index (χ1) is 11.7. The van der Waals surface area contributed by atoms with Crippen LogP contribution in [-0.4, -0.2) is 9.97 Å². The zero-order chi connectivity index (χ0) is 17.1. The van der Waals surface area contributed by atoms with Crippen molar-refractivity contribution >= 4 is 33.1 Å². The third kappa shape index (κ3) is 3.52. The second kappa shape index (κ2) is 7.96. The maximum absolute atomic E-state index is 4.89. The summed E-state index contributed by atoms with van der Waals surface area (Å²) in [7, 11) is 0. The molecule has 3 rings (SSSR count). The summed E-state index contributed by atoms with van der Waals surface area (Å²) < 4.78 is 0.886. The molecule has 0 bridgehead atoms. The molecule has 2 aromatic rings. The van der Waals surface area contributed by atoms with Gasteiger partial charge in [-0.05, 0) is 71.0 Å². The van der Waals surface area contributed by atoms with E-state index < -0.39 is 0 Å². The van der Waals surface area contributed by atoms with Gasteiger partial charge in [-0.3, -0.25) is 0 Å². The molecule has 1 aliphatic rings. The molecule has 0 radical (unpaired) electrons. The number of aryl methyl sites for hydroxylation is 3. The van der Waals surface area contributed by atoms with Crippen LogP contribution in [-0.2, 0) is 19.3 Å². The van der Waals surface area contributed by atoms with Gasteiger partial charge in [0.25, 0.3) is 0 Å². The molecule has 0 saturated heterocycles. The van der Waals surface area contributed by atoms with Gasteiger partial charge in [0.15, 0.2) is 0 Å². The Hall–Kier alpha value is -0.940. The number of rotatable bonds is 6. The Labute approximate surface area is 157 Å². The quantitative estimate of drug-likeness (QED) is 0.643. The molecule has 2 atom stereocenters. The highest BCUT2D eigenvalue weighted by molar-refractivity contribution is 9.10. The zero-order valence-corrected chi connectivity index (χ0v) is 17.1. The fourth-order valence-corrected chi connectivity index (χ4v) is 5.19. The Morgan fingerprint density at radius 1 is 1.21 bits per heavy atom. The molecule has 0 aliphatic heterocycles. The van der Waals surface area contributed by atoms with Crippen molar-refractivity contribution in [1.29, 1.82) is 0 Å². The van der Waals surface area contributed by atoms with Gasteiger partial charge in [0.05, 0.1) is 17.4 Å². The van der Waals surface area contributed by atoms with Crippen LogP contribution >= 0.6 is 27.3 Å². The number of halogens is 1. The topological polar surface area (TPSA) is 37.8 Å². The fourth-order valence-electron chi connectivity index (χ4n) is 3.66. The van der Waals surface area contributed by atoms with E-state index in [1.807, 2.05) is 11.3 Å². The molecule has 24 heavy (non-hydrogen) atoms. The number of anilines is 1. The molecule has 1 N–H and O–H groups in total. The van der Waals surface area contributed by atoms with Gasteiger partial charge in [-0.2, -0.15) is 0 Å². The van der Waals surface area contributed by atoms with Crippen molar-refractivity contribution in [3.05, 3.63) is 37.9 Å². The van der Waals surface area contributed by atoms with Crippen molar-refractivity contribution in [2.24, 2.45) is 5.92 Å². The molecule has 0 amide bonds. The van der Waals surface area contributed by atoms with E-state index in [0.29, 0.717) is 12.0 Å². The largest absolute Gasteiger partial charge is 0.361 e. The molecule has 3 nitrogen and oxygen atoms in total. The van der Waals surface area contributed by atoms with Crippen LogP contribution in [0.3, 0.4) is 0 Å². The number of nitrogens with one attached hydrogen (secondary N) is 1. The Balaban J connectivity index is 1.96. The van der Waals surface area contributed by atoms with Crippen LogP contribution in [0.25, 0.3) is 0 Å². The monoisotopic (exact) mass is 407 g/mol. The van der Waals surface area contributed by atoms with Gasteiger partial charge >= 0.3 is 0 Å². The van der Waals surface area contributed by atoms with Gasteiger partial charge in [0.2, 0.25) is 0 Å². The van der Waals surface area contributed by atoms with Crippen LogP contribution in [0.5, 0.6) is 0 Å². The number of nitrogens with zero attached hydrogens (tertiary/aromatic N) is 2. The van der Waals surface area contributed by atoms with Crippen LogP contribution in [0.2, 0.25) is 0 Å². The van der Waals surface area contributed by atoms with Crippen molar-refractivity contribution in [2.45, 2.75) is 65.3 Å². The van der Waals surface area contributed by atoms with E-state index in [4.69, 9.17) is 9.97 Å². The molecule has 5 heteroatoms. The van der Waals surface area contributed by atoms with E-state index in [-0.39, 0.29) is 0 Å². The maximum atomic E-state index is 4.89. The highest BCUT2D eigenvalue weighted by Crippen LogP contribution is 2.41. The maximum Gasteiger partial charge on any atom is 0.148 e. The van der Waals surface area contributed by atoms with Crippen molar-refractivity contribution < 1.29 is 0 Å². The first kappa shape index (κ1) is 17.9. The Morgan fingerprint density at radius 3 is 2.71 bits per heavy atom. The summed E-state index contributed by atoms with van der Waals surface area (Å²) in [5, 5.41) is 6.03. The SMILES string of the molecule is CCCC1CCc2sccc2[C@H]1Nc1nc(CC)c(Br)nc1CC. The van der Waals surface area contributed by atoms with E-state index in [2.05, 4.69) is 53.5 Å². The molecular weight excluding hydrogens is 382 g/mol. The number of hydrogen-bond donors (Lipinski definition) is 1. The lowest BCUT2D eigenvalue weighted by Gasteiger charge is -2.33. The van der Waals surface area contributed by atoms with E-state index in [1.54, 1.807) is 4.88 Å². The molecule has 2 aromatic heterocycles. The predicted molar refractivity (Wildman–Crippen MR) is 106 cm³/mol. The summed E-state index contributed by atoms with van der Waals surface area (Å²) >= 11 is 5.46. The first-order valence-electron chi connectivity index (χ1n) is 9.05. The molecule has 2 heterocycles. The van der Waals surface area contributed by atoms with Crippen LogP contribution in [0.15, 0.2) is 16.0 Å². The minimum absolute atomic E-state index is 0.366. The smallest absolute Gasteiger partial charge is 0.148 e. The van der Waals surface area contributed by atoms with E-state index in [1.165, 1.54) is 31.2 Å². The van der Waals surface area contributed by atoms with Crippen molar-refractivity contribution in [2.75, 3.05) is 5.32 Å². The molecule has 130 valence electrons. The second-order valence-electron chi connectivity index (χ2n) is 6.47. The van der Waals surface area contributed by atoms with E-state index in [0.717, 1.165) is 34.7 Å². The predicted octanol–water partition coefficient (Wildman–Crippen LogP) is 5.94. The Morgan fingerprint density at radius 2 is 2.00 bits per heavy atom. The van der Waals surface area contributed by atoms with Crippen LogP contribution in [0.1, 0.15) is 67.9 Å². The van der Waals surface area contributed by atoms with Crippen molar-refractivity contribution in [1.82, 2.24) is 9.97 Å². The third-order valence-electron chi connectivity index (χ3n) is 4.94. The van der Waals surface area contributed by atoms with Gasteiger partial charge in [0, 0.05) is 4.88 Å². The van der Waals surface area contributed by atoms with Gasteiger partial charge in [0.1, 0.15) is 10.4 Å². The fraction of sp³-hybridized carbons (Fsp3) is 0.579. The van der Waals surface area contributed by atoms with Gasteiger partial charge < -0.3 is 5.32 Å². The minimum atomic E-state index is 0.366. The molecule has 0 aromatic carbocycles. The first-order valence-corrected chi connectivity index (χ1v) is 10.7. The molecule has 1 aliphatic carbocycles. The summed E-state index contributed by atoms with van der Waals surface area (Å²) in [6.07, 6.45) is 6.76. The minimum Gasteiger partial charge on any atom is -0.361 e. The number of hydrogen-bond acceptors (Lipinski definition) is 4. The lowest BCUT2D eigenvalue weighted by Crippen LogP contribution is -2.27. The number of fused-ring (bicyclic) bond motifs is 1. The highest BCUT2D eigenvalue weighted by atomic mass is 79.9. The summed E-state index contributed by atoms with van der Waals surface area (Å²) in [6.45, 7) is 6.56. The average Bonchev–Trinajstić information content (AvgIpc) is 3.07. The molecule has 0 spiro atoms. The molecular formula is C19H26BrN3S. The van der Waals surface area contributed by atoms with Gasteiger partial charge in [-0.25, -0.2) is 9.97 Å². The summed E-state index contributed by atoms with van der Waals surface area (Å²) in [5.41, 5.74) is 3.56. The normalized spacial score (nSPS) is 20.0. The van der Waals surface area contributed by atoms with Gasteiger partial charge in [-0.15, -0.1) is 11.3 Å². The van der Waals surface area contributed by atoms with Gasteiger partial charge in [-0.1, -0.05) is 27.2 Å². The lowest BCUT2D eigenvalue weighted by atomic mass is 9.81. The lowest BCUT2D eigenvalue weighted by molar-refractivity contribution is 0.372. The molecule has 1 unspecified atom stereocenters.